The van der Waals surface area contributed by atoms with Gasteiger partial charge in [-0.15, -0.1) is 0 Å². The lowest BCUT2D eigenvalue weighted by molar-refractivity contribution is 0.262. The number of rotatable bonds is 6. The van der Waals surface area contributed by atoms with E-state index >= 15 is 0 Å². The van der Waals surface area contributed by atoms with E-state index in [2.05, 4.69) is 58.4 Å². The number of hydrogen-bond donors (Lipinski definition) is 3. The van der Waals surface area contributed by atoms with Crippen LogP contribution in [0.15, 0.2) is 54.9 Å². The number of nitrogens with one attached hydrogen (secondary N) is 2. The lowest BCUT2D eigenvalue weighted by atomic mass is 9.92. The number of carbonyl (C=O) groups is 1. The first-order chi connectivity index (χ1) is 19.6. The number of aryl methyl sites for hydroxylation is 1. The number of anilines is 4. The largest absolute Gasteiger partial charge is 0.437 e. The molecule has 11 nitrogen and oxygen atoms in total. The van der Waals surface area contributed by atoms with E-state index in [9.17, 15) is 10.1 Å². The SMILES string of the molecule is Cc1cc(Oc2ncnc(N)c2C#N)ccc1NC(=O)Nc1cc(C(C)(C)C)nn1-c1ccc(N2CCCC2)cc1. The van der Waals surface area contributed by atoms with Crippen LogP contribution in [0.25, 0.3) is 5.69 Å². The van der Waals surface area contributed by atoms with Gasteiger partial charge in [-0.2, -0.15) is 10.4 Å². The maximum atomic E-state index is 13.1. The molecule has 0 unspecified atom stereocenters. The summed E-state index contributed by atoms with van der Waals surface area (Å²) in [6.45, 7) is 10.2. The first kappa shape index (κ1) is 27.5. The maximum Gasteiger partial charge on any atom is 0.324 e. The second kappa shape index (κ2) is 11.2. The normalized spacial score (nSPS) is 13.1. The number of nitrogens with zero attached hydrogens (tertiary/aromatic N) is 6. The van der Waals surface area contributed by atoms with E-state index in [-0.39, 0.29) is 22.7 Å². The molecular formula is C30H33N9O2. The molecular weight excluding hydrogens is 518 g/mol. The van der Waals surface area contributed by atoms with Crippen molar-refractivity contribution in [2.45, 2.75) is 46.0 Å². The van der Waals surface area contributed by atoms with E-state index in [1.807, 2.05) is 31.2 Å². The van der Waals surface area contributed by atoms with E-state index in [1.54, 1.807) is 22.9 Å². The number of nitrogen functional groups attached to an aromatic ring is 1. The number of carbonyl (C=O) groups excluding carboxylic acids is 1. The molecule has 1 saturated heterocycles. The van der Waals surface area contributed by atoms with Gasteiger partial charge in [-0.1, -0.05) is 20.8 Å². The summed E-state index contributed by atoms with van der Waals surface area (Å²) in [4.78, 5) is 23.3. The smallest absolute Gasteiger partial charge is 0.324 e. The number of hydrogen-bond acceptors (Lipinski definition) is 8. The molecule has 2 aromatic heterocycles. The van der Waals surface area contributed by atoms with Crippen LogP contribution in [0.2, 0.25) is 0 Å². The lowest BCUT2D eigenvalue weighted by Crippen LogP contribution is -2.22. The van der Waals surface area contributed by atoms with E-state index in [0.29, 0.717) is 17.3 Å². The molecule has 0 spiro atoms. The Balaban J connectivity index is 1.33. The molecule has 0 atom stereocenters. The van der Waals surface area contributed by atoms with Gasteiger partial charge in [-0.05, 0) is 67.8 Å². The molecule has 41 heavy (non-hydrogen) atoms. The number of nitrogens with two attached hydrogens (primary N) is 1. The highest BCUT2D eigenvalue weighted by molar-refractivity contribution is 6.00. The molecule has 4 N–H and O–H groups in total. The topological polar surface area (TPSA) is 147 Å². The molecule has 0 radical (unpaired) electrons. The van der Waals surface area contributed by atoms with E-state index in [0.717, 1.165) is 30.0 Å². The van der Waals surface area contributed by atoms with E-state index in [1.165, 1.54) is 24.9 Å². The molecule has 1 aliphatic heterocycles. The van der Waals surface area contributed by atoms with Crippen LogP contribution in [-0.4, -0.2) is 38.9 Å². The van der Waals surface area contributed by atoms with Gasteiger partial charge in [0.25, 0.3) is 0 Å². The fraction of sp³-hybridized carbons (Fsp3) is 0.300. The van der Waals surface area contributed by atoms with Crippen molar-refractivity contribution in [2.24, 2.45) is 0 Å². The number of nitriles is 1. The summed E-state index contributed by atoms with van der Waals surface area (Å²) in [7, 11) is 0. The van der Waals surface area contributed by atoms with Crippen LogP contribution in [0.3, 0.4) is 0 Å². The molecule has 3 heterocycles. The van der Waals surface area contributed by atoms with Crippen LogP contribution in [-0.2, 0) is 5.41 Å². The number of benzene rings is 2. The quantitative estimate of drug-likeness (QED) is 0.274. The van der Waals surface area contributed by atoms with Crippen LogP contribution in [0, 0.1) is 18.3 Å². The molecule has 1 fully saturated rings. The summed E-state index contributed by atoms with van der Waals surface area (Å²) in [5, 5.41) is 20.0. The van der Waals surface area contributed by atoms with E-state index < -0.39 is 6.03 Å². The third-order valence-electron chi connectivity index (χ3n) is 6.90. The fourth-order valence-electron chi connectivity index (χ4n) is 4.60. The number of amides is 2. The predicted octanol–water partition coefficient (Wildman–Crippen LogP) is 5.76. The van der Waals surface area contributed by atoms with Crippen molar-refractivity contribution in [1.29, 1.82) is 5.26 Å². The van der Waals surface area contributed by atoms with Gasteiger partial charge < -0.3 is 20.7 Å². The highest BCUT2D eigenvalue weighted by Crippen LogP contribution is 2.30. The van der Waals surface area contributed by atoms with Crippen LogP contribution in [0.5, 0.6) is 11.6 Å². The average molecular weight is 552 g/mol. The summed E-state index contributed by atoms with van der Waals surface area (Å²) in [6.07, 6.45) is 3.66. The predicted molar refractivity (Wildman–Crippen MR) is 159 cm³/mol. The number of ether oxygens (including phenoxy) is 1. The second-order valence-electron chi connectivity index (χ2n) is 11.0. The van der Waals surface area contributed by atoms with Gasteiger partial charge in [0.2, 0.25) is 5.88 Å². The molecule has 5 rings (SSSR count). The first-order valence-corrected chi connectivity index (χ1v) is 13.5. The van der Waals surface area contributed by atoms with Gasteiger partial charge in [0.1, 0.15) is 29.8 Å². The van der Waals surface area contributed by atoms with Crippen LogP contribution >= 0.6 is 0 Å². The molecule has 2 aromatic carbocycles. The fourth-order valence-corrected chi connectivity index (χ4v) is 4.60. The molecule has 210 valence electrons. The monoisotopic (exact) mass is 551 g/mol. The minimum Gasteiger partial charge on any atom is -0.437 e. The summed E-state index contributed by atoms with van der Waals surface area (Å²) in [5.41, 5.74) is 9.85. The van der Waals surface area contributed by atoms with Crippen LogP contribution in [0.1, 0.15) is 50.4 Å². The minimum absolute atomic E-state index is 0.0422. The van der Waals surface area contributed by atoms with Crippen molar-refractivity contribution in [3.8, 4) is 23.4 Å². The summed E-state index contributed by atoms with van der Waals surface area (Å²) in [6, 6.07) is 16.8. The van der Waals surface area contributed by atoms with Crippen molar-refractivity contribution in [1.82, 2.24) is 19.7 Å². The zero-order chi connectivity index (χ0) is 29.1. The Morgan fingerprint density at radius 1 is 1.02 bits per heavy atom. The zero-order valence-electron chi connectivity index (χ0n) is 23.6. The van der Waals surface area contributed by atoms with Gasteiger partial charge in [-0.25, -0.2) is 19.4 Å². The average Bonchev–Trinajstić information content (AvgIpc) is 3.61. The first-order valence-electron chi connectivity index (χ1n) is 13.5. The van der Waals surface area contributed by atoms with Crippen molar-refractivity contribution in [3.63, 3.8) is 0 Å². The highest BCUT2D eigenvalue weighted by Gasteiger charge is 2.22. The maximum absolute atomic E-state index is 13.1. The van der Waals surface area contributed by atoms with Gasteiger partial charge in [-0.3, -0.25) is 5.32 Å². The molecule has 11 heteroatoms. The van der Waals surface area contributed by atoms with Gasteiger partial charge in [0.05, 0.1) is 11.4 Å². The Hall–Kier alpha value is -5.11. The van der Waals surface area contributed by atoms with Crippen LogP contribution in [0.4, 0.5) is 27.8 Å². The highest BCUT2D eigenvalue weighted by atomic mass is 16.5. The standard InChI is InChI=1S/C30H33N9O2/c1-19-15-22(41-28-23(17-31)27(32)33-18-34-28)11-12-24(19)35-29(40)36-26-16-25(30(2,3)4)37-39(26)21-9-7-20(8-10-21)38-13-5-6-14-38/h7-12,15-16,18H,5-6,13-14H2,1-4H3,(H2,32,33,34)(H2,35,36,40). The van der Waals surface area contributed by atoms with Crippen molar-refractivity contribution >= 4 is 29.0 Å². The van der Waals surface area contributed by atoms with Crippen molar-refractivity contribution < 1.29 is 9.53 Å². The minimum atomic E-state index is -0.410. The third kappa shape index (κ3) is 6.06. The Kier molecular flexibility index (Phi) is 7.48. The number of aromatic nitrogens is 4. The second-order valence-corrected chi connectivity index (χ2v) is 11.0. The molecule has 0 saturated carbocycles. The Bertz CT molecular complexity index is 1610. The molecule has 0 bridgehead atoms. The molecule has 4 aromatic rings. The summed E-state index contributed by atoms with van der Waals surface area (Å²) >= 11 is 0. The summed E-state index contributed by atoms with van der Waals surface area (Å²) < 4.78 is 7.52. The Morgan fingerprint density at radius 3 is 2.39 bits per heavy atom. The van der Waals surface area contributed by atoms with Gasteiger partial charge >= 0.3 is 6.03 Å². The zero-order valence-corrected chi connectivity index (χ0v) is 23.6. The van der Waals surface area contributed by atoms with Gasteiger partial charge in [0, 0.05) is 35.9 Å². The molecule has 0 aliphatic carbocycles. The third-order valence-corrected chi connectivity index (χ3v) is 6.90. The Labute approximate surface area is 239 Å². The van der Waals surface area contributed by atoms with Gasteiger partial charge in [0.15, 0.2) is 5.56 Å². The van der Waals surface area contributed by atoms with Crippen molar-refractivity contribution in [3.05, 3.63) is 71.7 Å². The molecule has 1 aliphatic rings. The summed E-state index contributed by atoms with van der Waals surface area (Å²) in [5.74, 6) is 1.10. The van der Waals surface area contributed by atoms with E-state index in [4.69, 9.17) is 15.6 Å². The Morgan fingerprint density at radius 2 is 1.73 bits per heavy atom. The molecule has 2 amide bonds. The lowest BCUT2D eigenvalue weighted by Gasteiger charge is -2.18. The number of urea groups is 1. The van der Waals surface area contributed by atoms with Crippen LogP contribution < -0.4 is 26.0 Å². The van der Waals surface area contributed by atoms with Crippen molar-refractivity contribution in [2.75, 3.05) is 34.4 Å².